The van der Waals surface area contributed by atoms with Crippen molar-refractivity contribution in [3.8, 4) is 17.2 Å². The summed E-state index contributed by atoms with van der Waals surface area (Å²) in [5.74, 6) is -0.0460. The molecular formula is C19H23KO5S. The van der Waals surface area contributed by atoms with Crippen LogP contribution in [0.15, 0.2) is 47.4 Å². The quantitative estimate of drug-likeness (QED) is 0.388. The molecule has 0 bridgehead atoms. The molecule has 7 heteroatoms. The molecule has 0 aliphatic carbocycles. The second kappa shape index (κ2) is 11.4. The van der Waals surface area contributed by atoms with Gasteiger partial charge in [-0.1, -0.05) is 50.5 Å². The van der Waals surface area contributed by atoms with Crippen LogP contribution in [0.5, 0.6) is 17.2 Å². The minimum atomic E-state index is -4.39. The number of ether oxygens (including phenoxy) is 1. The molecule has 0 atom stereocenters. The number of benzene rings is 2. The van der Waals surface area contributed by atoms with Crippen LogP contribution < -0.4 is 61.2 Å². The molecule has 0 aromatic heterocycles. The Morgan fingerprint density at radius 3 is 2.42 bits per heavy atom. The molecule has 2 aromatic carbocycles. The van der Waals surface area contributed by atoms with Crippen LogP contribution in [-0.4, -0.2) is 13.0 Å². The van der Waals surface area contributed by atoms with Gasteiger partial charge in [-0.25, -0.2) is 0 Å². The molecule has 2 rings (SSSR count). The van der Waals surface area contributed by atoms with E-state index in [0.29, 0.717) is 5.75 Å². The first-order valence-electron chi connectivity index (χ1n) is 8.45. The smallest absolute Gasteiger partial charge is 0.870 e. The molecule has 0 aliphatic rings. The van der Waals surface area contributed by atoms with Crippen molar-refractivity contribution in [2.75, 3.05) is 0 Å². The molecule has 0 amide bonds. The zero-order valence-electron chi connectivity index (χ0n) is 15.3. The van der Waals surface area contributed by atoms with Gasteiger partial charge in [0.1, 0.15) is 11.5 Å². The molecule has 2 aromatic rings. The van der Waals surface area contributed by atoms with E-state index in [1.165, 1.54) is 31.7 Å². The Bertz CT molecular complexity index is 805. The fourth-order valence-electron chi connectivity index (χ4n) is 2.56. The molecule has 0 heterocycles. The normalized spacial score (nSPS) is 11.0. The molecule has 0 fully saturated rings. The third kappa shape index (κ3) is 7.68. The summed E-state index contributed by atoms with van der Waals surface area (Å²) >= 11 is 0. The minimum absolute atomic E-state index is 0. The van der Waals surface area contributed by atoms with E-state index < -0.39 is 20.8 Å². The van der Waals surface area contributed by atoms with E-state index in [1.54, 1.807) is 6.07 Å². The van der Waals surface area contributed by atoms with Crippen molar-refractivity contribution < 1.29 is 74.2 Å². The number of hydrogen-bond acceptors (Lipinski definition) is 4. The Morgan fingerprint density at radius 1 is 1.04 bits per heavy atom. The Balaban J connectivity index is 0.00000338. The molecule has 0 aliphatic heterocycles. The van der Waals surface area contributed by atoms with E-state index >= 15 is 0 Å². The first kappa shape index (κ1) is 23.6. The van der Waals surface area contributed by atoms with Crippen molar-refractivity contribution in [1.29, 1.82) is 0 Å². The van der Waals surface area contributed by atoms with Gasteiger partial charge < -0.3 is 9.84 Å². The van der Waals surface area contributed by atoms with Crippen molar-refractivity contribution in [3.63, 3.8) is 0 Å². The number of unbranched alkanes of at least 4 members (excludes halogenated alkanes) is 4. The summed E-state index contributed by atoms with van der Waals surface area (Å²) in [7, 11) is -4.39. The van der Waals surface area contributed by atoms with Crippen LogP contribution in [0.4, 0.5) is 0 Å². The van der Waals surface area contributed by atoms with E-state index in [1.807, 2.05) is 18.2 Å². The molecular weight excluding hydrogens is 379 g/mol. The molecule has 0 saturated carbocycles. The summed E-state index contributed by atoms with van der Waals surface area (Å²) in [5, 5.41) is 11.9. The van der Waals surface area contributed by atoms with Gasteiger partial charge in [-0.15, -0.1) is 0 Å². The maximum absolute atomic E-state index is 11.9. The Kier molecular flexibility index (Phi) is 10.4. The average molecular weight is 403 g/mol. The van der Waals surface area contributed by atoms with Gasteiger partial charge in [-0.05, 0) is 48.7 Å². The minimum Gasteiger partial charge on any atom is -0.870 e. The fourth-order valence-corrected chi connectivity index (χ4v) is 3.05. The Hall–Kier alpha value is -0.414. The number of aryl methyl sites for hydroxylation is 1. The standard InChI is InChI=1S/C19H24O5S.K/c1-2-3-4-5-6-8-15-9-7-10-16(13-15)24-19-12-11-17(14-18(19)20)25(21,22)23;/h7,9-14,20H,2-6,8H2,1H3,(H,21,22,23);/q;+1/p-1. The third-order valence-electron chi connectivity index (χ3n) is 3.91. The van der Waals surface area contributed by atoms with E-state index in [2.05, 4.69) is 6.92 Å². The van der Waals surface area contributed by atoms with Crippen molar-refractivity contribution >= 4 is 10.1 Å². The van der Waals surface area contributed by atoms with Gasteiger partial charge in [-0.3, -0.25) is 4.55 Å². The van der Waals surface area contributed by atoms with Crippen LogP contribution in [0.3, 0.4) is 0 Å². The van der Waals surface area contributed by atoms with Gasteiger partial charge in [0.25, 0.3) is 10.1 Å². The van der Waals surface area contributed by atoms with E-state index in [-0.39, 0.29) is 57.1 Å². The van der Waals surface area contributed by atoms with Crippen molar-refractivity contribution in [2.45, 2.75) is 50.3 Å². The Morgan fingerprint density at radius 2 is 1.77 bits per heavy atom. The van der Waals surface area contributed by atoms with Gasteiger partial charge in [-0.2, -0.15) is 8.42 Å². The second-order valence-electron chi connectivity index (χ2n) is 6.00. The van der Waals surface area contributed by atoms with Gasteiger partial charge >= 0.3 is 51.4 Å². The van der Waals surface area contributed by atoms with E-state index in [0.717, 1.165) is 30.5 Å². The van der Waals surface area contributed by atoms with Crippen molar-refractivity contribution in [3.05, 3.63) is 48.0 Å². The molecule has 0 spiro atoms. The summed E-state index contributed by atoms with van der Waals surface area (Å²) in [6.45, 7) is 2.19. The Labute approximate surface area is 198 Å². The average Bonchev–Trinajstić information content (AvgIpc) is 2.56. The van der Waals surface area contributed by atoms with Crippen LogP contribution in [0, 0.1) is 0 Å². The summed E-state index contributed by atoms with van der Waals surface area (Å²) in [6, 6.07) is 10.8. The molecule has 1 N–H and O–H groups in total. The van der Waals surface area contributed by atoms with Gasteiger partial charge in [0.15, 0.2) is 0 Å². The van der Waals surface area contributed by atoms with E-state index in [9.17, 15) is 13.5 Å². The molecule has 26 heavy (non-hydrogen) atoms. The first-order valence-corrected chi connectivity index (χ1v) is 9.89. The van der Waals surface area contributed by atoms with Crippen LogP contribution in [-0.2, 0) is 16.5 Å². The SMILES string of the molecule is CCCCCCCc1cccc(Oc2ccc(S(=O)(=O)O)cc2[O-])c1.[K+]. The fraction of sp³-hybridized carbons (Fsp3) is 0.368. The number of rotatable bonds is 9. The number of hydrogen-bond donors (Lipinski definition) is 1. The third-order valence-corrected chi connectivity index (χ3v) is 4.76. The van der Waals surface area contributed by atoms with Crippen LogP contribution in [0.1, 0.15) is 44.6 Å². The predicted molar refractivity (Wildman–Crippen MR) is 94.7 cm³/mol. The molecule has 5 nitrogen and oxygen atoms in total. The van der Waals surface area contributed by atoms with Crippen LogP contribution >= 0.6 is 0 Å². The summed E-state index contributed by atoms with van der Waals surface area (Å²) in [5.41, 5.74) is 1.14. The van der Waals surface area contributed by atoms with Gasteiger partial charge in [0.05, 0.1) is 4.90 Å². The summed E-state index contributed by atoms with van der Waals surface area (Å²) < 4.78 is 36.6. The maximum atomic E-state index is 11.9. The van der Waals surface area contributed by atoms with Crippen molar-refractivity contribution in [2.24, 2.45) is 0 Å². The van der Waals surface area contributed by atoms with Crippen LogP contribution in [0.25, 0.3) is 0 Å². The molecule has 0 radical (unpaired) electrons. The van der Waals surface area contributed by atoms with E-state index in [4.69, 9.17) is 9.29 Å². The van der Waals surface area contributed by atoms with Crippen LogP contribution in [0.2, 0.25) is 0 Å². The first-order chi connectivity index (χ1) is 11.9. The monoisotopic (exact) mass is 402 g/mol. The molecule has 136 valence electrons. The summed E-state index contributed by atoms with van der Waals surface area (Å²) in [6.07, 6.45) is 6.98. The predicted octanol–water partition coefficient (Wildman–Crippen LogP) is 1.32. The summed E-state index contributed by atoms with van der Waals surface area (Å²) in [4.78, 5) is -0.439. The zero-order chi connectivity index (χ0) is 18.3. The van der Waals surface area contributed by atoms with Gasteiger partial charge in [0, 0.05) is 0 Å². The maximum Gasteiger partial charge on any atom is 1.00 e. The zero-order valence-corrected chi connectivity index (χ0v) is 19.2. The van der Waals surface area contributed by atoms with Gasteiger partial charge in [0.2, 0.25) is 0 Å². The topological polar surface area (TPSA) is 86.7 Å². The largest absolute Gasteiger partial charge is 1.00 e. The molecule has 0 saturated heterocycles. The molecule has 0 unspecified atom stereocenters. The second-order valence-corrected chi connectivity index (χ2v) is 7.42. The van der Waals surface area contributed by atoms with Crippen molar-refractivity contribution in [1.82, 2.24) is 0 Å².